The zero-order valence-corrected chi connectivity index (χ0v) is 16.4. The van der Waals surface area contributed by atoms with Crippen molar-refractivity contribution in [1.82, 2.24) is 4.90 Å². The van der Waals surface area contributed by atoms with Crippen molar-refractivity contribution >= 4 is 12.4 Å². The molecule has 7 nitrogen and oxygen atoms in total. The Morgan fingerprint density at radius 1 is 1.30 bits per heavy atom. The number of carbonyl (C=O) groups is 2. The van der Waals surface area contributed by atoms with Gasteiger partial charge in [0, 0.05) is 20.1 Å². The molecule has 0 aromatic heterocycles. The van der Waals surface area contributed by atoms with Gasteiger partial charge in [-0.15, -0.1) is 0 Å². The Kier molecular flexibility index (Phi) is 7.47. The molecule has 3 atom stereocenters. The van der Waals surface area contributed by atoms with Crippen LogP contribution in [0.15, 0.2) is 18.2 Å². The molecule has 1 N–H and O–H groups in total. The number of hydrogen-bond acceptors (Lipinski definition) is 5. The molecule has 7 heteroatoms. The molecule has 1 aliphatic rings. The molecule has 1 heterocycles. The number of aldehydes is 1. The maximum atomic E-state index is 11.9. The van der Waals surface area contributed by atoms with Gasteiger partial charge in [0.2, 0.25) is 0 Å². The highest BCUT2D eigenvalue weighted by Crippen LogP contribution is 2.45. The van der Waals surface area contributed by atoms with Crippen molar-refractivity contribution in [1.29, 1.82) is 0 Å². The number of carbonyl (C=O) groups excluding carboxylic acids is 1. The van der Waals surface area contributed by atoms with Crippen LogP contribution in [0, 0.1) is 11.8 Å². The molecule has 0 saturated carbocycles. The van der Waals surface area contributed by atoms with Crippen LogP contribution in [0.25, 0.3) is 0 Å². The molecular weight excluding hydrogens is 350 g/mol. The average molecular weight is 379 g/mol. The Morgan fingerprint density at radius 3 is 2.59 bits per heavy atom. The SMILES string of the molecule is COCCCOc1cc([C@H]2[C@H](C(C)C)C[C@@H](C=O)N2C(=O)O)ccc1OC. The molecular formula is C20H29NO6. The molecule has 2 rings (SSSR count). The normalized spacial score (nSPS) is 22.1. The van der Waals surface area contributed by atoms with Crippen LogP contribution < -0.4 is 9.47 Å². The summed E-state index contributed by atoms with van der Waals surface area (Å²) in [5.74, 6) is 1.43. The second-order valence-electron chi connectivity index (χ2n) is 7.09. The number of amides is 1. The lowest BCUT2D eigenvalue weighted by atomic mass is 9.84. The third-order valence-corrected chi connectivity index (χ3v) is 5.09. The Labute approximate surface area is 160 Å². The summed E-state index contributed by atoms with van der Waals surface area (Å²) in [6.45, 7) is 5.16. The molecule has 1 aromatic carbocycles. The van der Waals surface area contributed by atoms with Gasteiger partial charge in [0.05, 0.1) is 25.8 Å². The van der Waals surface area contributed by atoms with Gasteiger partial charge in [0.15, 0.2) is 11.5 Å². The number of likely N-dealkylation sites (tertiary alicyclic amines) is 1. The van der Waals surface area contributed by atoms with E-state index in [9.17, 15) is 14.7 Å². The summed E-state index contributed by atoms with van der Waals surface area (Å²) >= 11 is 0. The molecule has 27 heavy (non-hydrogen) atoms. The minimum atomic E-state index is -1.08. The number of ether oxygens (including phenoxy) is 3. The Bertz CT molecular complexity index is 647. The molecule has 150 valence electrons. The summed E-state index contributed by atoms with van der Waals surface area (Å²) < 4.78 is 16.2. The molecule has 0 bridgehead atoms. The van der Waals surface area contributed by atoms with Gasteiger partial charge in [0.1, 0.15) is 6.29 Å². The minimum absolute atomic E-state index is 0.0473. The minimum Gasteiger partial charge on any atom is -0.493 e. The lowest BCUT2D eigenvalue weighted by Crippen LogP contribution is -2.37. The van der Waals surface area contributed by atoms with Crippen molar-refractivity contribution in [3.8, 4) is 11.5 Å². The van der Waals surface area contributed by atoms with E-state index in [2.05, 4.69) is 13.8 Å². The predicted molar refractivity (Wildman–Crippen MR) is 100 cm³/mol. The highest BCUT2D eigenvalue weighted by Gasteiger charge is 2.45. The maximum Gasteiger partial charge on any atom is 0.408 e. The van der Waals surface area contributed by atoms with Crippen LogP contribution in [-0.2, 0) is 9.53 Å². The van der Waals surface area contributed by atoms with Gasteiger partial charge in [-0.1, -0.05) is 19.9 Å². The number of benzene rings is 1. The van der Waals surface area contributed by atoms with Gasteiger partial charge in [-0.3, -0.25) is 4.90 Å². The van der Waals surface area contributed by atoms with E-state index in [1.54, 1.807) is 20.3 Å². The van der Waals surface area contributed by atoms with Crippen molar-refractivity contribution in [2.24, 2.45) is 11.8 Å². The van der Waals surface area contributed by atoms with Crippen molar-refractivity contribution in [2.45, 2.75) is 38.8 Å². The molecule has 0 spiro atoms. The number of rotatable bonds is 9. The predicted octanol–water partition coefficient (Wildman–Crippen LogP) is 3.38. The number of hydrogen-bond donors (Lipinski definition) is 1. The van der Waals surface area contributed by atoms with E-state index in [0.717, 1.165) is 18.3 Å². The van der Waals surface area contributed by atoms with Gasteiger partial charge < -0.3 is 24.1 Å². The first kappa shape index (κ1) is 21.0. The van der Waals surface area contributed by atoms with E-state index in [1.807, 2.05) is 12.1 Å². The smallest absolute Gasteiger partial charge is 0.408 e. The highest BCUT2D eigenvalue weighted by molar-refractivity contribution is 5.73. The molecule has 0 radical (unpaired) electrons. The quantitative estimate of drug-likeness (QED) is 0.523. The van der Waals surface area contributed by atoms with E-state index < -0.39 is 18.2 Å². The van der Waals surface area contributed by atoms with Gasteiger partial charge in [0.25, 0.3) is 0 Å². The van der Waals surface area contributed by atoms with Crippen LogP contribution in [-0.4, -0.2) is 55.9 Å². The zero-order valence-electron chi connectivity index (χ0n) is 16.4. The summed E-state index contributed by atoms with van der Waals surface area (Å²) in [6, 6.07) is 4.43. The Morgan fingerprint density at radius 2 is 2.04 bits per heavy atom. The van der Waals surface area contributed by atoms with Crippen LogP contribution in [0.3, 0.4) is 0 Å². The summed E-state index contributed by atoms with van der Waals surface area (Å²) in [5, 5.41) is 9.71. The fourth-order valence-electron chi connectivity index (χ4n) is 3.74. The van der Waals surface area contributed by atoms with Crippen LogP contribution in [0.5, 0.6) is 11.5 Å². The van der Waals surface area contributed by atoms with Crippen molar-refractivity contribution < 1.29 is 28.9 Å². The van der Waals surface area contributed by atoms with E-state index in [4.69, 9.17) is 14.2 Å². The third kappa shape index (κ3) is 4.71. The first-order valence-corrected chi connectivity index (χ1v) is 9.20. The summed E-state index contributed by atoms with van der Waals surface area (Å²) in [7, 11) is 3.20. The second-order valence-corrected chi connectivity index (χ2v) is 7.09. The van der Waals surface area contributed by atoms with E-state index in [1.165, 1.54) is 4.90 Å². The van der Waals surface area contributed by atoms with E-state index in [0.29, 0.717) is 31.1 Å². The van der Waals surface area contributed by atoms with Gasteiger partial charge in [-0.05, 0) is 36.0 Å². The monoisotopic (exact) mass is 379 g/mol. The zero-order chi connectivity index (χ0) is 20.0. The van der Waals surface area contributed by atoms with Crippen LogP contribution >= 0.6 is 0 Å². The molecule has 0 aliphatic carbocycles. The fraction of sp³-hybridized carbons (Fsp3) is 0.600. The van der Waals surface area contributed by atoms with Crippen molar-refractivity contribution in [2.75, 3.05) is 27.4 Å². The number of carboxylic acid groups (broad SMARTS) is 1. The summed E-state index contributed by atoms with van der Waals surface area (Å²) in [5.41, 5.74) is 0.808. The first-order valence-electron chi connectivity index (χ1n) is 9.20. The molecule has 0 unspecified atom stereocenters. The van der Waals surface area contributed by atoms with E-state index >= 15 is 0 Å². The lowest BCUT2D eigenvalue weighted by molar-refractivity contribution is -0.111. The standard InChI is InChI=1S/C20H29NO6/c1-13(2)16-11-15(12-22)21(20(23)24)19(16)14-6-7-17(26-4)18(10-14)27-9-5-8-25-3/h6-7,10,12-13,15-16,19H,5,8-9,11H2,1-4H3,(H,23,24)/t15-,16-,19-/m0/s1. The van der Waals surface area contributed by atoms with Crippen molar-refractivity contribution in [3.05, 3.63) is 23.8 Å². The molecule has 1 amide bonds. The molecule has 1 aliphatic heterocycles. The maximum absolute atomic E-state index is 11.9. The number of nitrogens with zero attached hydrogens (tertiary/aromatic N) is 1. The average Bonchev–Trinajstić information content (AvgIpc) is 3.05. The van der Waals surface area contributed by atoms with Gasteiger partial charge in [-0.2, -0.15) is 0 Å². The van der Waals surface area contributed by atoms with E-state index in [-0.39, 0.29) is 11.8 Å². The van der Waals surface area contributed by atoms with Crippen molar-refractivity contribution in [3.63, 3.8) is 0 Å². The summed E-state index contributed by atoms with van der Waals surface area (Å²) in [6.07, 6.45) is 0.901. The lowest BCUT2D eigenvalue weighted by Gasteiger charge is -2.30. The number of methoxy groups -OCH3 is 2. The fourth-order valence-corrected chi connectivity index (χ4v) is 3.74. The second kappa shape index (κ2) is 9.60. The van der Waals surface area contributed by atoms with Gasteiger partial charge in [-0.25, -0.2) is 4.79 Å². The molecule has 1 fully saturated rings. The Hall–Kier alpha value is -2.28. The molecule has 1 aromatic rings. The topological polar surface area (TPSA) is 85.3 Å². The van der Waals surface area contributed by atoms with Crippen LogP contribution in [0.1, 0.15) is 38.3 Å². The van der Waals surface area contributed by atoms with Crippen LogP contribution in [0.2, 0.25) is 0 Å². The first-order chi connectivity index (χ1) is 12.9. The Balaban J connectivity index is 2.37. The highest BCUT2D eigenvalue weighted by atomic mass is 16.5. The largest absolute Gasteiger partial charge is 0.493 e. The van der Waals surface area contributed by atoms with Crippen LogP contribution in [0.4, 0.5) is 4.79 Å². The van der Waals surface area contributed by atoms with Gasteiger partial charge >= 0.3 is 6.09 Å². The summed E-state index contributed by atoms with van der Waals surface area (Å²) in [4.78, 5) is 24.6. The molecule has 1 saturated heterocycles. The third-order valence-electron chi connectivity index (χ3n) is 5.09.